The number of benzene rings is 1. The lowest BCUT2D eigenvalue weighted by Crippen LogP contribution is -2.25. The molecular weight excluding hydrogens is 308 g/mol. The van der Waals surface area contributed by atoms with Gasteiger partial charge in [-0.3, -0.25) is 4.79 Å². The van der Waals surface area contributed by atoms with Crippen molar-refractivity contribution in [3.05, 3.63) is 28.8 Å². The lowest BCUT2D eigenvalue weighted by atomic mass is 10.2. The van der Waals surface area contributed by atoms with Crippen LogP contribution < -0.4 is 10.0 Å². The van der Waals surface area contributed by atoms with Crippen LogP contribution in [-0.2, 0) is 19.6 Å². The van der Waals surface area contributed by atoms with Gasteiger partial charge in [0.1, 0.15) is 0 Å². The number of hydrogen-bond acceptors (Lipinski definition) is 5. The summed E-state index contributed by atoms with van der Waals surface area (Å²) in [4.78, 5) is 22.6. The van der Waals surface area contributed by atoms with Gasteiger partial charge in [-0.1, -0.05) is 11.6 Å². The van der Waals surface area contributed by atoms with Crippen LogP contribution in [0.15, 0.2) is 23.1 Å². The summed E-state index contributed by atoms with van der Waals surface area (Å²) >= 11 is 5.82. The van der Waals surface area contributed by atoms with Crippen LogP contribution in [0.1, 0.15) is 10.4 Å². The molecule has 0 aromatic heterocycles. The maximum atomic E-state index is 11.8. The number of likely N-dealkylation sites (N-methyl/N-ethyl adjacent to an activating group) is 1. The summed E-state index contributed by atoms with van der Waals surface area (Å²) in [5.74, 6) is -1.37. The number of nitrogens with one attached hydrogen (secondary N) is 2. The summed E-state index contributed by atoms with van der Waals surface area (Å²) in [6.45, 7) is -0.478. The third kappa shape index (κ3) is 3.92. The highest BCUT2D eigenvalue weighted by Crippen LogP contribution is 2.21. The normalized spacial score (nSPS) is 10.9. The average Bonchev–Trinajstić information content (AvgIpc) is 2.44. The molecule has 0 radical (unpaired) electrons. The van der Waals surface area contributed by atoms with Crippen LogP contribution in [-0.4, -0.2) is 41.0 Å². The first-order valence-electron chi connectivity index (χ1n) is 5.42. The van der Waals surface area contributed by atoms with Crippen molar-refractivity contribution in [2.45, 2.75) is 4.90 Å². The molecule has 1 aromatic carbocycles. The molecule has 0 spiro atoms. The number of ether oxygens (including phenoxy) is 1. The summed E-state index contributed by atoms with van der Waals surface area (Å²) in [7, 11) is -1.07. The molecule has 1 rings (SSSR count). The van der Waals surface area contributed by atoms with Gasteiger partial charge in [0, 0.05) is 7.05 Å². The largest absolute Gasteiger partial charge is 0.452 e. The Hall–Kier alpha value is -1.64. The number of amides is 1. The molecule has 0 saturated heterocycles. The molecule has 0 aliphatic rings. The predicted octanol–water partition coefficient (Wildman–Crippen LogP) is 0.151. The summed E-state index contributed by atoms with van der Waals surface area (Å²) < 4.78 is 30.1. The Morgan fingerprint density at radius 1 is 1.30 bits per heavy atom. The zero-order valence-corrected chi connectivity index (χ0v) is 12.3. The van der Waals surface area contributed by atoms with Crippen LogP contribution in [0.5, 0.6) is 0 Å². The van der Waals surface area contributed by atoms with Gasteiger partial charge in [0.15, 0.2) is 6.61 Å². The summed E-state index contributed by atoms with van der Waals surface area (Å²) in [6.07, 6.45) is 0. The van der Waals surface area contributed by atoms with Gasteiger partial charge in [0.25, 0.3) is 5.91 Å². The van der Waals surface area contributed by atoms with Gasteiger partial charge in [-0.15, -0.1) is 0 Å². The molecule has 0 heterocycles. The lowest BCUT2D eigenvalue weighted by Gasteiger charge is -2.08. The van der Waals surface area contributed by atoms with Crippen LogP contribution in [0.25, 0.3) is 0 Å². The first-order valence-corrected chi connectivity index (χ1v) is 7.28. The minimum absolute atomic E-state index is 0.0296. The Balaban J connectivity index is 3.03. The van der Waals surface area contributed by atoms with Crippen LogP contribution >= 0.6 is 11.6 Å². The number of carbonyl (C=O) groups is 2. The second-order valence-corrected chi connectivity index (χ2v) is 5.89. The third-order valence-electron chi connectivity index (χ3n) is 2.35. The zero-order chi connectivity index (χ0) is 15.3. The number of carbonyl (C=O) groups excluding carboxylic acids is 2. The molecule has 0 aliphatic carbocycles. The minimum atomic E-state index is -3.70. The predicted molar refractivity (Wildman–Crippen MR) is 72.0 cm³/mol. The molecule has 9 heteroatoms. The van der Waals surface area contributed by atoms with Gasteiger partial charge >= 0.3 is 5.97 Å². The highest BCUT2D eigenvalue weighted by atomic mass is 35.5. The Bertz CT molecular complexity index is 630. The molecule has 2 N–H and O–H groups in total. The summed E-state index contributed by atoms with van der Waals surface area (Å²) in [5.41, 5.74) is -0.133. The van der Waals surface area contributed by atoms with Crippen LogP contribution in [0.2, 0.25) is 5.02 Å². The monoisotopic (exact) mass is 320 g/mol. The van der Waals surface area contributed by atoms with Crippen molar-refractivity contribution in [1.29, 1.82) is 0 Å². The second kappa shape index (κ2) is 6.69. The number of esters is 1. The van der Waals surface area contributed by atoms with E-state index in [0.717, 1.165) is 6.07 Å². The first-order chi connectivity index (χ1) is 9.31. The van der Waals surface area contributed by atoms with E-state index < -0.39 is 28.5 Å². The Morgan fingerprint density at radius 2 is 1.95 bits per heavy atom. The molecule has 1 amide bonds. The van der Waals surface area contributed by atoms with Crippen molar-refractivity contribution in [2.75, 3.05) is 20.7 Å². The Labute approximate surface area is 121 Å². The molecular formula is C11H13ClN2O5S. The number of hydrogen-bond donors (Lipinski definition) is 2. The Morgan fingerprint density at radius 3 is 2.50 bits per heavy atom. The molecule has 7 nitrogen and oxygen atoms in total. The summed E-state index contributed by atoms with van der Waals surface area (Å²) in [6, 6.07) is 3.60. The van der Waals surface area contributed by atoms with E-state index in [9.17, 15) is 18.0 Å². The fourth-order valence-electron chi connectivity index (χ4n) is 1.23. The molecule has 0 aliphatic heterocycles. The lowest BCUT2D eigenvalue weighted by molar-refractivity contribution is -0.123. The molecule has 0 unspecified atom stereocenters. The van der Waals surface area contributed by atoms with E-state index in [1.807, 2.05) is 0 Å². The second-order valence-electron chi connectivity index (χ2n) is 3.60. The van der Waals surface area contributed by atoms with E-state index in [4.69, 9.17) is 16.3 Å². The van der Waals surface area contributed by atoms with Crippen LogP contribution in [0.3, 0.4) is 0 Å². The van der Waals surface area contributed by atoms with Gasteiger partial charge in [0.05, 0.1) is 15.5 Å². The molecule has 110 valence electrons. The molecule has 1 aromatic rings. The van der Waals surface area contributed by atoms with Crippen molar-refractivity contribution in [3.63, 3.8) is 0 Å². The SMILES string of the molecule is CNC(=O)COC(=O)c1cc(S(=O)(=O)NC)ccc1Cl. The topological polar surface area (TPSA) is 102 Å². The van der Waals surface area contributed by atoms with E-state index in [-0.39, 0.29) is 15.5 Å². The van der Waals surface area contributed by atoms with Crippen molar-refractivity contribution < 1.29 is 22.7 Å². The quantitative estimate of drug-likeness (QED) is 0.752. The van der Waals surface area contributed by atoms with Gasteiger partial charge < -0.3 is 10.1 Å². The Kier molecular flexibility index (Phi) is 5.49. The maximum absolute atomic E-state index is 11.8. The highest BCUT2D eigenvalue weighted by Gasteiger charge is 2.18. The van der Waals surface area contributed by atoms with Gasteiger partial charge in [0.2, 0.25) is 10.0 Å². The highest BCUT2D eigenvalue weighted by molar-refractivity contribution is 7.89. The van der Waals surface area contributed by atoms with E-state index in [2.05, 4.69) is 10.0 Å². The minimum Gasteiger partial charge on any atom is -0.452 e. The number of sulfonamides is 1. The van der Waals surface area contributed by atoms with Crippen LogP contribution in [0, 0.1) is 0 Å². The molecule has 0 fully saturated rings. The van der Waals surface area contributed by atoms with E-state index in [1.165, 1.54) is 26.2 Å². The third-order valence-corrected chi connectivity index (χ3v) is 4.09. The van der Waals surface area contributed by atoms with E-state index in [0.29, 0.717) is 0 Å². The standard InChI is InChI=1S/C11H13ClN2O5S/c1-13-10(15)6-19-11(16)8-5-7(3-4-9(8)12)20(17,18)14-2/h3-5,14H,6H2,1-2H3,(H,13,15). The number of halogens is 1. The van der Waals surface area contributed by atoms with Gasteiger partial charge in [-0.2, -0.15) is 0 Å². The fourth-order valence-corrected chi connectivity index (χ4v) is 2.18. The van der Waals surface area contributed by atoms with Crippen LogP contribution in [0.4, 0.5) is 0 Å². The fraction of sp³-hybridized carbons (Fsp3) is 0.273. The molecule has 20 heavy (non-hydrogen) atoms. The van der Waals surface area contributed by atoms with Crippen molar-refractivity contribution in [3.8, 4) is 0 Å². The van der Waals surface area contributed by atoms with Crippen molar-refractivity contribution in [1.82, 2.24) is 10.0 Å². The van der Waals surface area contributed by atoms with Crippen molar-refractivity contribution >= 4 is 33.5 Å². The molecule has 0 bridgehead atoms. The van der Waals surface area contributed by atoms with E-state index >= 15 is 0 Å². The van der Waals surface area contributed by atoms with E-state index in [1.54, 1.807) is 0 Å². The van der Waals surface area contributed by atoms with Crippen molar-refractivity contribution in [2.24, 2.45) is 0 Å². The molecule has 0 atom stereocenters. The smallest absolute Gasteiger partial charge is 0.340 e. The maximum Gasteiger partial charge on any atom is 0.340 e. The molecule has 0 saturated carbocycles. The zero-order valence-electron chi connectivity index (χ0n) is 10.8. The average molecular weight is 321 g/mol. The van der Waals surface area contributed by atoms with Gasteiger partial charge in [-0.05, 0) is 25.2 Å². The first kappa shape index (κ1) is 16.4. The van der Waals surface area contributed by atoms with Gasteiger partial charge in [-0.25, -0.2) is 17.9 Å². The summed E-state index contributed by atoms with van der Waals surface area (Å²) in [5, 5.41) is 2.31. The number of rotatable bonds is 5.